The van der Waals surface area contributed by atoms with Gasteiger partial charge in [0.25, 0.3) is 0 Å². The van der Waals surface area contributed by atoms with E-state index in [1.165, 1.54) is 23.3 Å². The number of aryl methyl sites for hydroxylation is 2. The minimum Gasteiger partial charge on any atom is -0.454 e. The monoisotopic (exact) mass is 500 g/mol. The first-order valence-corrected chi connectivity index (χ1v) is 9.69. The number of aliphatic imine (C=N–C) groups is 1. The molecule has 2 aromatic rings. The smallest absolute Gasteiger partial charge is 0.231 e. The van der Waals surface area contributed by atoms with E-state index in [1.54, 1.807) is 18.4 Å². The summed E-state index contributed by atoms with van der Waals surface area (Å²) < 4.78 is 10.9. The maximum absolute atomic E-state index is 5.53. The van der Waals surface area contributed by atoms with Gasteiger partial charge in [-0.15, -0.1) is 35.3 Å². The maximum atomic E-state index is 5.53. The average Bonchev–Trinajstić information content (AvgIpc) is 3.15. The van der Waals surface area contributed by atoms with Crippen LogP contribution in [0.15, 0.2) is 23.2 Å². The van der Waals surface area contributed by atoms with E-state index in [0.717, 1.165) is 41.2 Å². The molecule has 0 spiro atoms. The molecule has 1 aromatic heterocycles. The molecule has 0 bridgehead atoms. The number of hydrogen-bond donors (Lipinski definition) is 2. The molecule has 1 saturated carbocycles. The van der Waals surface area contributed by atoms with Crippen molar-refractivity contribution in [2.75, 3.05) is 20.4 Å². The summed E-state index contributed by atoms with van der Waals surface area (Å²) in [5, 5.41) is 7.98. The van der Waals surface area contributed by atoms with Crippen LogP contribution in [0, 0.1) is 13.8 Å². The minimum atomic E-state index is 0. The van der Waals surface area contributed by atoms with E-state index in [1.807, 2.05) is 13.0 Å². The van der Waals surface area contributed by atoms with E-state index in [0.29, 0.717) is 6.79 Å². The Morgan fingerprint density at radius 2 is 2.00 bits per heavy atom. The third-order valence-electron chi connectivity index (χ3n) is 5.07. The summed E-state index contributed by atoms with van der Waals surface area (Å²) in [6, 6.07) is 6.29. The molecule has 0 radical (unpaired) electrons. The Hall–Kier alpha value is -1.55. The van der Waals surface area contributed by atoms with Crippen molar-refractivity contribution in [1.82, 2.24) is 15.6 Å². The van der Waals surface area contributed by atoms with Gasteiger partial charge in [0.05, 0.1) is 17.2 Å². The second kappa shape index (κ2) is 8.22. The summed E-state index contributed by atoms with van der Waals surface area (Å²) in [7, 11) is 1.81. The van der Waals surface area contributed by atoms with Crippen molar-refractivity contribution in [3.63, 3.8) is 0 Å². The number of rotatable bonds is 5. The fourth-order valence-corrected chi connectivity index (χ4v) is 4.20. The van der Waals surface area contributed by atoms with Gasteiger partial charge in [0, 0.05) is 23.9 Å². The first kappa shape index (κ1) is 20.2. The molecule has 2 N–H and O–H groups in total. The molecule has 146 valence electrons. The third-order valence-corrected chi connectivity index (χ3v) is 6.15. The number of nitrogens with zero attached hydrogens (tertiary/aromatic N) is 2. The molecule has 0 saturated heterocycles. The number of guanidine groups is 1. The van der Waals surface area contributed by atoms with Gasteiger partial charge in [0.15, 0.2) is 17.5 Å². The Bertz CT molecular complexity index is 848. The van der Waals surface area contributed by atoms with E-state index in [2.05, 4.69) is 39.7 Å². The predicted molar refractivity (Wildman–Crippen MR) is 119 cm³/mol. The normalized spacial score (nSPS) is 16.6. The van der Waals surface area contributed by atoms with Crippen LogP contribution in [-0.2, 0) is 12.0 Å². The maximum Gasteiger partial charge on any atom is 0.231 e. The van der Waals surface area contributed by atoms with Crippen molar-refractivity contribution in [2.24, 2.45) is 4.99 Å². The summed E-state index contributed by atoms with van der Waals surface area (Å²) >= 11 is 1.73. The van der Waals surface area contributed by atoms with Gasteiger partial charge in [-0.3, -0.25) is 4.99 Å². The molecule has 2 heterocycles. The number of thiazole rings is 1. The summed E-state index contributed by atoms with van der Waals surface area (Å²) in [6.07, 6.45) is 2.34. The lowest BCUT2D eigenvalue weighted by atomic mass is 9.95. The minimum absolute atomic E-state index is 0. The van der Waals surface area contributed by atoms with Crippen molar-refractivity contribution in [1.29, 1.82) is 0 Å². The Morgan fingerprint density at radius 1 is 1.22 bits per heavy atom. The van der Waals surface area contributed by atoms with Gasteiger partial charge in [-0.05, 0) is 44.4 Å². The van der Waals surface area contributed by atoms with Gasteiger partial charge in [-0.2, -0.15) is 0 Å². The lowest BCUT2D eigenvalue weighted by molar-refractivity contribution is 0.174. The molecular weight excluding hydrogens is 475 g/mol. The van der Waals surface area contributed by atoms with Gasteiger partial charge < -0.3 is 20.1 Å². The van der Waals surface area contributed by atoms with Crippen LogP contribution in [0.4, 0.5) is 0 Å². The van der Waals surface area contributed by atoms with Crippen LogP contribution in [0.25, 0.3) is 0 Å². The molecule has 1 aromatic carbocycles. The standard InChI is InChI=1S/C19H24N4O2S.HI/c1-12-17(26-13(2)23-12)9-21-18(20-3)22-10-19(6-7-19)14-4-5-15-16(8-14)25-11-24-15;/h4-5,8H,6-7,9-11H2,1-3H3,(H2,20,21,22);1H. The van der Waals surface area contributed by atoms with Crippen LogP contribution in [-0.4, -0.2) is 31.3 Å². The number of halogens is 1. The molecule has 0 unspecified atom stereocenters. The Labute approximate surface area is 180 Å². The van der Waals surface area contributed by atoms with Gasteiger partial charge >= 0.3 is 0 Å². The first-order chi connectivity index (χ1) is 12.6. The van der Waals surface area contributed by atoms with Gasteiger partial charge in [-0.25, -0.2) is 4.98 Å². The first-order valence-electron chi connectivity index (χ1n) is 8.87. The molecule has 0 amide bonds. The third kappa shape index (κ3) is 4.31. The number of fused-ring (bicyclic) bond motifs is 1. The molecular formula is C19H25IN4O2S. The highest BCUT2D eigenvalue weighted by Gasteiger charge is 2.44. The van der Waals surface area contributed by atoms with Crippen LogP contribution in [0.2, 0.25) is 0 Å². The number of nitrogens with one attached hydrogen (secondary N) is 2. The average molecular weight is 500 g/mol. The molecule has 8 heteroatoms. The quantitative estimate of drug-likeness (QED) is 0.374. The second-order valence-electron chi connectivity index (χ2n) is 6.87. The van der Waals surface area contributed by atoms with Crippen molar-refractivity contribution >= 4 is 41.3 Å². The molecule has 0 atom stereocenters. The van der Waals surface area contributed by atoms with E-state index in [-0.39, 0.29) is 29.4 Å². The zero-order valence-electron chi connectivity index (χ0n) is 15.8. The van der Waals surface area contributed by atoms with Crippen LogP contribution >= 0.6 is 35.3 Å². The molecule has 1 aliphatic heterocycles. The Balaban J connectivity index is 0.00000210. The van der Waals surface area contributed by atoms with E-state index >= 15 is 0 Å². The van der Waals surface area contributed by atoms with Gasteiger partial charge in [0.1, 0.15) is 0 Å². The lowest BCUT2D eigenvalue weighted by Gasteiger charge is -2.19. The summed E-state index contributed by atoms with van der Waals surface area (Å²) in [5.74, 6) is 2.51. The zero-order chi connectivity index (χ0) is 18.1. The van der Waals surface area contributed by atoms with Crippen molar-refractivity contribution in [3.8, 4) is 11.5 Å². The van der Waals surface area contributed by atoms with Crippen molar-refractivity contribution in [2.45, 2.75) is 38.6 Å². The number of hydrogen-bond acceptors (Lipinski definition) is 5. The fraction of sp³-hybridized carbons (Fsp3) is 0.474. The Kier molecular flexibility index (Phi) is 6.15. The van der Waals surface area contributed by atoms with E-state index in [9.17, 15) is 0 Å². The highest BCUT2D eigenvalue weighted by molar-refractivity contribution is 14.0. The summed E-state index contributed by atoms with van der Waals surface area (Å²) in [5.41, 5.74) is 2.56. The predicted octanol–water partition coefficient (Wildman–Crippen LogP) is 3.50. The molecule has 27 heavy (non-hydrogen) atoms. The number of aromatic nitrogens is 1. The van der Waals surface area contributed by atoms with E-state index < -0.39 is 0 Å². The van der Waals surface area contributed by atoms with Crippen molar-refractivity contribution < 1.29 is 9.47 Å². The number of benzene rings is 1. The highest BCUT2D eigenvalue weighted by atomic mass is 127. The van der Waals surface area contributed by atoms with Crippen molar-refractivity contribution in [3.05, 3.63) is 39.3 Å². The SMILES string of the molecule is CN=C(NCc1sc(C)nc1C)NCC1(c2ccc3c(c2)OCO3)CC1.I. The van der Waals surface area contributed by atoms with Crippen LogP contribution in [0.5, 0.6) is 11.5 Å². The topological polar surface area (TPSA) is 67.8 Å². The molecule has 2 aliphatic rings. The highest BCUT2D eigenvalue weighted by Crippen LogP contribution is 2.49. The van der Waals surface area contributed by atoms with Gasteiger partial charge in [-0.1, -0.05) is 6.07 Å². The number of ether oxygens (including phenoxy) is 2. The largest absolute Gasteiger partial charge is 0.454 e. The molecule has 6 nitrogen and oxygen atoms in total. The second-order valence-corrected chi connectivity index (χ2v) is 8.16. The molecule has 1 fully saturated rings. The van der Waals surface area contributed by atoms with Crippen LogP contribution in [0.3, 0.4) is 0 Å². The summed E-state index contributed by atoms with van der Waals surface area (Å²) in [4.78, 5) is 10.1. The van der Waals surface area contributed by atoms with E-state index in [4.69, 9.17) is 9.47 Å². The molecule has 4 rings (SSSR count). The van der Waals surface area contributed by atoms with Gasteiger partial charge in [0.2, 0.25) is 6.79 Å². The van der Waals surface area contributed by atoms with Crippen LogP contribution < -0.4 is 20.1 Å². The van der Waals surface area contributed by atoms with Crippen LogP contribution in [0.1, 0.15) is 34.0 Å². The summed E-state index contributed by atoms with van der Waals surface area (Å²) in [6.45, 7) is 6.00. The molecule has 1 aliphatic carbocycles. The fourth-order valence-electron chi connectivity index (χ4n) is 3.32. The Morgan fingerprint density at radius 3 is 2.67 bits per heavy atom. The lowest BCUT2D eigenvalue weighted by Crippen LogP contribution is -2.40. The zero-order valence-corrected chi connectivity index (χ0v) is 18.9.